The highest BCUT2D eigenvalue weighted by molar-refractivity contribution is 7.96. The summed E-state index contributed by atoms with van der Waals surface area (Å²) in [6, 6.07) is 14.7. The molecule has 1 aliphatic carbocycles. The first-order valence-corrected chi connectivity index (χ1v) is 14.0. The smallest absolute Gasteiger partial charge is 0.364 e. The van der Waals surface area contributed by atoms with Gasteiger partial charge in [-0.05, 0) is 47.5 Å². The van der Waals surface area contributed by atoms with Crippen LogP contribution < -0.4 is 13.7 Å². The minimum atomic E-state index is -4.53. The molecule has 0 unspecified atom stereocenters. The summed E-state index contributed by atoms with van der Waals surface area (Å²) in [5.41, 5.74) is 9.92. The predicted molar refractivity (Wildman–Crippen MR) is 157 cm³/mol. The molecule has 0 aliphatic heterocycles. The highest BCUT2D eigenvalue weighted by Gasteiger charge is 2.36. The number of phenolic OH excluding ortho intramolecular Hbond substituents is 1. The van der Waals surface area contributed by atoms with Crippen molar-refractivity contribution in [3.05, 3.63) is 107 Å². The Labute approximate surface area is 246 Å². The van der Waals surface area contributed by atoms with E-state index < -0.39 is 39.6 Å². The summed E-state index contributed by atoms with van der Waals surface area (Å²) in [5.74, 6) is -1.50. The summed E-state index contributed by atoms with van der Waals surface area (Å²) in [4.78, 5) is 39.6. The SMILES string of the molecule is COc1cc(C=CC(=O)CC(=O)C=Cc2ccc(OS(=O)(=O)C3=CC(=[N+]=[N-])C(=O)c4ccccc43)c(OC)c2)ccc1O. The molecule has 0 bridgehead atoms. The molecule has 43 heavy (non-hydrogen) atoms. The quantitative estimate of drug-likeness (QED) is 0.111. The van der Waals surface area contributed by atoms with Crippen molar-refractivity contribution in [2.24, 2.45) is 0 Å². The summed E-state index contributed by atoms with van der Waals surface area (Å²) >= 11 is 0. The average Bonchev–Trinajstić information content (AvgIpc) is 3.00. The second kappa shape index (κ2) is 12.9. The number of ether oxygens (including phenoxy) is 2. The van der Waals surface area contributed by atoms with Crippen molar-refractivity contribution >= 4 is 50.2 Å². The molecule has 0 amide bonds. The fourth-order valence-corrected chi connectivity index (χ4v) is 5.24. The number of allylic oxidation sites excluding steroid dienone is 3. The van der Waals surface area contributed by atoms with Gasteiger partial charge in [0.1, 0.15) is 4.91 Å². The largest absolute Gasteiger partial charge is 0.504 e. The summed E-state index contributed by atoms with van der Waals surface area (Å²) < 4.78 is 42.1. The number of rotatable bonds is 11. The molecule has 11 nitrogen and oxygen atoms in total. The molecular formula is C31H24N2O9S. The average molecular weight is 601 g/mol. The van der Waals surface area contributed by atoms with Crippen LogP contribution in [0.25, 0.3) is 22.6 Å². The number of aromatic hydroxyl groups is 1. The summed E-state index contributed by atoms with van der Waals surface area (Å²) in [5, 5.41) is 9.66. The van der Waals surface area contributed by atoms with Gasteiger partial charge in [0.05, 0.1) is 26.7 Å². The maximum atomic E-state index is 13.2. The van der Waals surface area contributed by atoms with Crippen molar-refractivity contribution in [1.82, 2.24) is 0 Å². The van der Waals surface area contributed by atoms with Crippen LogP contribution in [-0.4, -0.2) is 55.6 Å². The number of benzene rings is 3. The molecule has 0 saturated heterocycles. The Morgan fingerprint density at radius 1 is 0.860 bits per heavy atom. The lowest BCUT2D eigenvalue weighted by molar-refractivity contribution is -0.121. The van der Waals surface area contributed by atoms with E-state index in [-0.39, 0.29) is 39.0 Å². The standard InChI is InChI=1S/C31H24N2O9S/c1-40-28-15-19(9-13-26(28)36)7-11-21(34)17-22(35)12-8-20-10-14-27(29(16-20)41-2)42-43(38,39)30-18-25(33-32)31(37)24-6-4-3-5-23(24)30/h3-16,18,36H,17H2,1-2H3. The van der Waals surface area contributed by atoms with Gasteiger partial charge < -0.3 is 24.3 Å². The van der Waals surface area contributed by atoms with Gasteiger partial charge >= 0.3 is 15.8 Å². The number of nitrogens with zero attached hydrogens (tertiary/aromatic N) is 2. The number of carbonyl (C=O) groups is 3. The van der Waals surface area contributed by atoms with Crippen LogP contribution in [0.1, 0.15) is 33.5 Å². The van der Waals surface area contributed by atoms with Gasteiger partial charge in [-0.15, -0.1) is 0 Å². The van der Waals surface area contributed by atoms with Gasteiger partial charge in [0.25, 0.3) is 5.78 Å². The fraction of sp³-hybridized carbons (Fsp3) is 0.0968. The second-order valence-electron chi connectivity index (χ2n) is 9.02. The van der Waals surface area contributed by atoms with Crippen molar-refractivity contribution in [2.45, 2.75) is 6.42 Å². The molecule has 3 aromatic rings. The van der Waals surface area contributed by atoms with Crippen LogP contribution in [0, 0.1) is 0 Å². The van der Waals surface area contributed by atoms with E-state index in [0.29, 0.717) is 11.1 Å². The number of methoxy groups -OCH3 is 2. The molecule has 0 saturated carbocycles. The number of phenols is 1. The molecular weight excluding hydrogens is 576 g/mol. The molecule has 0 spiro atoms. The van der Waals surface area contributed by atoms with Crippen LogP contribution in [0.3, 0.4) is 0 Å². The number of hydrogen-bond acceptors (Lipinski definition) is 9. The molecule has 3 aromatic carbocycles. The van der Waals surface area contributed by atoms with Gasteiger partial charge in [-0.25, -0.2) is 0 Å². The number of fused-ring (bicyclic) bond motifs is 1. The van der Waals surface area contributed by atoms with E-state index in [4.69, 9.17) is 13.7 Å². The number of Topliss-reactive ketones (excluding diaryl/α,β-unsaturated/α-hetero) is 1. The van der Waals surface area contributed by atoms with E-state index in [2.05, 4.69) is 4.79 Å². The van der Waals surface area contributed by atoms with Crippen molar-refractivity contribution in [3.8, 4) is 23.0 Å². The number of carbonyl (C=O) groups excluding carboxylic acids is 3. The Morgan fingerprint density at radius 3 is 2.05 bits per heavy atom. The first kappa shape index (κ1) is 30.4. The summed E-state index contributed by atoms with van der Waals surface area (Å²) in [6.45, 7) is 0. The van der Waals surface area contributed by atoms with E-state index in [0.717, 1.165) is 6.08 Å². The lowest BCUT2D eigenvalue weighted by Gasteiger charge is -2.16. The van der Waals surface area contributed by atoms with Crippen molar-refractivity contribution in [3.63, 3.8) is 0 Å². The van der Waals surface area contributed by atoms with E-state index >= 15 is 0 Å². The third-order valence-corrected chi connectivity index (χ3v) is 7.45. The van der Waals surface area contributed by atoms with Crippen molar-refractivity contribution < 1.29 is 46.4 Å². The molecule has 1 N–H and O–H groups in total. The summed E-state index contributed by atoms with van der Waals surface area (Å²) in [6.07, 6.45) is 5.91. The zero-order valence-corrected chi connectivity index (χ0v) is 23.7. The molecule has 0 radical (unpaired) electrons. The van der Waals surface area contributed by atoms with Gasteiger partial charge in [-0.1, -0.05) is 48.6 Å². The van der Waals surface area contributed by atoms with Gasteiger partial charge in [-0.2, -0.15) is 13.2 Å². The Hall–Kier alpha value is -5.58. The minimum Gasteiger partial charge on any atom is -0.504 e. The van der Waals surface area contributed by atoms with Crippen molar-refractivity contribution in [1.29, 1.82) is 0 Å². The molecule has 0 fully saturated rings. The van der Waals surface area contributed by atoms with E-state index in [1.807, 2.05) is 0 Å². The minimum absolute atomic E-state index is 0.0262. The highest BCUT2D eigenvalue weighted by atomic mass is 32.2. The lowest BCUT2D eigenvalue weighted by Crippen LogP contribution is -2.24. The first-order chi connectivity index (χ1) is 20.6. The van der Waals surface area contributed by atoms with Gasteiger partial charge in [0.2, 0.25) is 0 Å². The molecule has 4 rings (SSSR count). The molecule has 12 heteroatoms. The van der Waals surface area contributed by atoms with Crippen molar-refractivity contribution in [2.75, 3.05) is 14.2 Å². The normalized spacial score (nSPS) is 12.9. The summed E-state index contributed by atoms with van der Waals surface area (Å²) in [7, 11) is -1.83. The van der Waals surface area contributed by atoms with Crippen LogP contribution >= 0.6 is 0 Å². The van der Waals surface area contributed by atoms with E-state index in [1.165, 1.54) is 74.9 Å². The predicted octanol–water partition coefficient (Wildman–Crippen LogP) is 4.28. The Morgan fingerprint density at radius 2 is 1.44 bits per heavy atom. The second-order valence-corrected chi connectivity index (χ2v) is 10.5. The van der Waals surface area contributed by atoms with E-state index in [1.54, 1.807) is 24.3 Å². The zero-order chi connectivity index (χ0) is 31.1. The Bertz CT molecular complexity index is 1880. The van der Waals surface area contributed by atoms with Crippen LogP contribution in [-0.2, 0) is 19.7 Å². The molecule has 0 heterocycles. The third-order valence-electron chi connectivity index (χ3n) is 6.18. The monoisotopic (exact) mass is 600 g/mol. The van der Waals surface area contributed by atoms with Gasteiger partial charge in [-0.3, -0.25) is 14.4 Å². The fourth-order valence-electron chi connectivity index (χ4n) is 4.07. The number of hydrogen-bond donors (Lipinski definition) is 1. The highest BCUT2D eigenvalue weighted by Crippen LogP contribution is 2.35. The van der Waals surface area contributed by atoms with Gasteiger partial charge in [0, 0.05) is 11.1 Å². The topological polar surface area (TPSA) is 170 Å². The lowest BCUT2D eigenvalue weighted by atomic mass is 9.95. The third kappa shape index (κ3) is 7.02. The molecule has 0 aromatic heterocycles. The van der Waals surface area contributed by atoms with E-state index in [9.17, 15) is 33.4 Å². The maximum absolute atomic E-state index is 13.2. The maximum Gasteiger partial charge on any atom is 0.364 e. The first-order valence-electron chi connectivity index (χ1n) is 12.6. The molecule has 1 aliphatic rings. The zero-order valence-electron chi connectivity index (χ0n) is 22.9. The van der Waals surface area contributed by atoms with Crippen LogP contribution in [0.5, 0.6) is 23.0 Å². The Kier molecular flexibility index (Phi) is 9.14. The van der Waals surface area contributed by atoms with Crippen LogP contribution in [0.2, 0.25) is 0 Å². The Balaban J connectivity index is 1.46. The van der Waals surface area contributed by atoms with Crippen LogP contribution in [0.4, 0.5) is 0 Å². The van der Waals surface area contributed by atoms with Gasteiger partial charge in [0.15, 0.2) is 34.6 Å². The molecule has 218 valence electrons. The molecule has 0 atom stereocenters. The number of ketones is 3. The van der Waals surface area contributed by atoms with Crippen LogP contribution in [0.15, 0.2) is 78.9 Å².